The average molecular weight is 303 g/mol. The number of aliphatic hydroxyl groups is 1. The van der Waals surface area contributed by atoms with Crippen molar-refractivity contribution in [2.75, 3.05) is 37.3 Å². The fourth-order valence-corrected chi connectivity index (χ4v) is 1.79. The summed E-state index contributed by atoms with van der Waals surface area (Å²) in [7, 11) is 0. The molecule has 1 unspecified atom stereocenters. The molecule has 0 saturated heterocycles. The van der Waals surface area contributed by atoms with Gasteiger partial charge in [0.25, 0.3) is 0 Å². The van der Waals surface area contributed by atoms with Crippen molar-refractivity contribution in [2.24, 2.45) is 0 Å². The number of nitrogens with one attached hydrogen (secondary N) is 2. The Morgan fingerprint density at radius 1 is 1.18 bits per heavy atom. The van der Waals surface area contributed by atoms with Crippen molar-refractivity contribution in [2.45, 2.75) is 6.10 Å². The highest BCUT2D eigenvalue weighted by Gasteiger charge is 2.04. The van der Waals surface area contributed by atoms with E-state index in [2.05, 4.69) is 20.6 Å². The lowest BCUT2D eigenvalue weighted by Gasteiger charge is -2.13. The van der Waals surface area contributed by atoms with Gasteiger partial charge in [-0.1, -0.05) is 18.2 Å². The van der Waals surface area contributed by atoms with Crippen LogP contribution < -0.4 is 21.1 Å². The zero-order valence-electron chi connectivity index (χ0n) is 12.3. The number of hydrogen-bond acceptors (Lipinski definition) is 7. The molecule has 0 fully saturated rings. The maximum Gasteiger partial charge on any atom is 0.221 e. The molecule has 2 rings (SSSR count). The van der Waals surface area contributed by atoms with Crippen LogP contribution in [-0.4, -0.2) is 47.4 Å². The van der Waals surface area contributed by atoms with Crippen LogP contribution >= 0.6 is 0 Å². The molecular formula is C15H21N5O2. The zero-order valence-corrected chi connectivity index (χ0v) is 12.3. The normalized spacial score (nSPS) is 11.9. The van der Waals surface area contributed by atoms with E-state index in [1.54, 1.807) is 12.3 Å². The lowest BCUT2D eigenvalue weighted by atomic mass is 10.3. The van der Waals surface area contributed by atoms with Crippen molar-refractivity contribution < 1.29 is 9.84 Å². The Hall–Kier alpha value is -2.38. The van der Waals surface area contributed by atoms with Gasteiger partial charge in [-0.2, -0.15) is 4.98 Å². The van der Waals surface area contributed by atoms with Gasteiger partial charge in [-0.05, 0) is 18.2 Å². The molecular weight excluding hydrogens is 282 g/mol. The molecule has 0 aliphatic rings. The molecule has 1 aromatic carbocycles. The summed E-state index contributed by atoms with van der Waals surface area (Å²) in [4.78, 5) is 7.84. The van der Waals surface area contributed by atoms with Crippen LogP contribution in [0.3, 0.4) is 0 Å². The first-order valence-electron chi connectivity index (χ1n) is 7.13. The molecule has 0 amide bonds. The standard InChI is InChI=1S/C15H21N5O2/c16-15-19-7-6-14(20-15)18-9-8-17-10-12(21)11-22-13-4-2-1-3-5-13/h1-7,12,17,21H,8-11H2,(H3,16,18,19,20). The van der Waals surface area contributed by atoms with Gasteiger partial charge in [-0.25, -0.2) is 4.98 Å². The maximum atomic E-state index is 9.82. The summed E-state index contributed by atoms with van der Waals surface area (Å²) in [6.45, 7) is 2.07. The number of nitrogens with two attached hydrogens (primary N) is 1. The van der Waals surface area contributed by atoms with E-state index >= 15 is 0 Å². The molecule has 7 nitrogen and oxygen atoms in total. The lowest BCUT2D eigenvalue weighted by molar-refractivity contribution is 0.107. The third-order valence-corrected chi connectivity index (χ3v) is 2.85. The van der Waals surface area contributed by atoms with E-state index in [1.165, 1.54) is 0 Å². The Morgan fingerprint density at radius 3 is 2.77 bits per heavy atom. The number of nitrogen functional groups attached to an aromatic ring is 1. The zero-order chi connectivity index (χ0) is 15.6. The number of aromatic nitrogens is 2. The van der Waals surface area contributed by atoms with Crippen LogP contribution in [0.4, 0.5) is 11.8 Å². The van der Waals surface area contributed by atoms with Crippen molar-refractivity contribution in [1.29, 1.82) is 0 Å². The van der Waals surface area contributed by atoms with Gasteiger partial charge in [0.15, 0.2) is 0 Å². The van der Waals surface area contributed by atoms with Gasteiger partial charge in [0, 0.05) is 25.8 Å². The van der Waals surface area contributed by atoms with E-state index in [1.807, 2.05) is 30.3 Å². The monoisotopic (exact) mass is 303 g/mol. The third-order valence-electron chi connectivity index (χ3n) is 2.85. The fourth-order valence-electron chi connectivity index (χ4n) is 1.79. The van der Waals surface area contributed by atoms with Gasteiger partial charge in [0.2, 0.25) is 5.95 Å². The van der Waals surface area contributed by atoms with Crippen molar-refractivity contribution in [3.8, 4) is 5.75 Å². The highest BCUT2D eigenvalue weighted by atomic mass is 16.5. The number of para-hydroxylation sites is 1. The number of benzene rings is 1. The minimum atomic E-state index is -0.560. The molecule has 5 N–H and O–H groups in total. The Bertz CT molecular complexity index is 553. The number of aliphatic hydroxyl groups excluding tert-OH is 1. The highest BCUT2D eigenvalue weighted by Crippen LogP contribution is 2.08. The summed E-state index contributed by atoms with van der Waals surface area (Å²) < 4.78 is 5.47. The van der Waals surface area contributed by atoms with Crippen LogP contribution in [-0.2, 0) is 0 Å². The van der Waals surface area contributed by atoms with E-state index in [0.717, 1.165) is 5.75 Å². The summed E-state index contributed by atoms with van der Waals surface area (Å²) in [6, 6.07) is 11.2. The Kier molecular flexibility index (Phi) is 6.40. The third kappa shape index (κ3) is 5.94. The van der Waals surface area contributed by atoms with Gasteiger partial charge in [0.05, 0.1) is 0 Å². The van der Waals surface area contributed by atoms with Crippen molar-refractivity contribution in [1.82, 2.24) is 15.3 Å². The molecule has 1 heterocycles. The average Bonchev–Trinajstić information content (AvgIpc) is 2.54. The first-order chi connectivity index (χ1) is 10.7. The predicted octanol–water partition coefficient (Wildman–Crippen LogP) is 0.500. The molecule has 118 valence electrons. The molecule has 2 aromatic rings. The van der Waals surface area contributed by atoms with E-state index in [0.29, 0.717) is 25.5 Å². The Balaban J connectivity index is 1.54. The van der Waals surface area contributed by atoms with Crippen molar-refractivity contribution in [3.63, 3.8) is 0 Å². The Labute approximate surface area is 129 Å². The molecule has 1 aromatic heterocycles. The minimum absolute atomic E-state index is 0.242. The summed E-state index contributed by atoms with van der Waals surface area (Å²) in [5, 5.41) is 16.1. The molecule has 0 aliphatic carbocycles. The van der Waals surface area contributed by atoms with Crippen LogP contribution in [0.5, 0.6) is 5.75 Å². The first-order valence-corrected chi connectivity index (χ1v) is 7.13. The van der Waals surface area contributed by atoms with Crippen LogP contribution in [0, 0.1) is 0 Å². The second kappa shape index (κ2) is 8.81. The second-order valence-corrected chi connectivity index (χ2v) is 4.71. The van der Waals surface area contributed by atoms with Crippen molar-refractivity contribution in [3.05, 3.63) is 42.6 Å². The van der Waals surface area contributed by atoms with E-state index in [9.17, 15) is 5.11 Å². The molecule has 1 atom stereocenters. The predicted molar refractivity (Wildman–Crippen MR) is 85.7 cm³/mol. The van der Waals surface area contributed by atoms with Crippen molar-refractivity contribution >= 4 is 11.8 Å². The number of nitrogens with zero attached hydrogens (tertiary/aromatic N) is 2. The summed E-state index contributed by atoms with van der Waals surface area (Å²) >= 11 is 0. The first kappa shape index (κ1) is 16.0. The summed E-state index contributed by atoms with van der Waals surface area (Å²) in [6.07, 6.45) is 1.04. The molecule has 0 spiro atoms. The van der Waals surface area contributed by atoms with Gasteiger partial charge in [0.1, 0.15) is 24.3 Å². The molecule has 0 radical (unpaired) electrons. The number of hydrogen-bond donors (Lipinski definition) is 4. The second-order valence-electron chi connectivity index (χ2n) is 4.71. The molecule has 7 heteroatoms. The molecule has 0 aliphatic heterocycles. The van der Waals surface area contributed by atoms with E-state index < -0.39 is 6.10 Å². The maximum absolute atomic E-state index is 9.82. The largest absolute Gasteiger partial charge is 0.491 e. The smallest absolute Gasteiger partial charge is 0.221 e. The lowest BCUT2D eigenvalue weighted by Crippen LogP contribution is -2.34. The number of rotatable bonds is 9. The quantitative estimate of drug-likeness (QED) is 0.500. The summed E-state index contributed by atoms with van der Waals surface area (Å²) in [5.74, 6) is 1.68. The number of anilines is 2. The van der Waals surface area contributed by atoms with Gasteiger partial charge in [-0.15, -0.1) is 0 Å². The summed E-state index contributed by atoms with van der Waals surface area (Å²) in [5.41, 5.74) is 5.49. The van der Waals surface area contributed by atoms with Crippen LogP contribution in [0.1, 0.15) is 0 Å². The van der Waals surface area contributed by atoms with E-state index in [-0.39, 0.29) is 12.6 Å². The highest BCUT2D eigenvalue weighted by molar-refractivity contribution is 5.37. The van der Waals surface area contributed by atoms with Gasteiger partial charge >= 0.3 is 0 Å². The Morgan fingerprint density at radius 2 is 2.00 bits per heavy atom. The van der Waals surface area contributed by atoms with E-state index in [4.69, 9.17) is 10.5 Å². The van der Waals surface area contributed by atoms with Crippen LogP contribution in [0.15, 0.2) is 42.6 Å². The minimum Gasteiger partial charge on any atom is -0.491 e. The molecule has 0 bridgehead atoms. The van der Waals surface area contributed by atoms with Gasteiger partial charge in [-0.3, -0.25) is 0 Å². The fraction of sp³-hybridized carbons (Fsp3) is 0.333. The van der Waals surface area contributed by atoms with Crippen LogP contribution in [0.25, 0.3) is 0 Å². The number of ether oxygens (including phenoxy) is 1. The molecule has 0 saturated carbocycles. The van der Waals surface area contributed by atoms with Gasteiger partial charge < -0.3 is 26.2 Å². The SMILES string of the molecule is Nc1nccc(NCCNCC(O)COc2ccccc2)n1. The topological polar surface area (TPSA) is 105 Å². The van der Waals surface area contributed by atoms with Crippen LogP contribution in [0.2, 0.25) is 0 Å². The molecule has 22 heavy (non-hydrogen) atoms.